The Morgan fingerprint density at radius 2 is 1.81 bits per heavy atom. The van der Waals surface area contributed by atoms with Crippen molar-refractivity contribution in [1.29, 1.82) is 0 Å². The zero-order chi connectivity index (χ0) is 11.5. The maximum atomic E-state index is 5.71. The molecule has 3 heteroatoms. The van der Waals surface area contributed by atoms with Gasteiger partial charge in [0.2, 0.25) is 0 Å². The lowest BCUT2D eigenvalue weighted by Crippen LogP contribution is -2.30. The van der Waals surface area contributed by atoms with Gasteiger partial charge in [0.05, 0.1) is 5.35 Å². The fourth-order valence-corrected chi connectivity index (χ4v) is 1.55. The summed E-state index contributed by atoms with van der Waals surface area (Å²) in [6.45, 7) is 4.07. The highest BCUT2D eigenvalue weighted by molar-refractivity contribution is 5.44. The van der Waals surface area contributed by atoms with Gasteiger partial charge < -0.3 is 4.42 Å². The van der Waals surface area contributed by atoms with E-state index < -0.39 is 0 Å². The molecule has 0 spiro atoms. The first kappa shape index (κ1) is 10.7. The van der Waals surface area contributed by atoms with Crippen LogP contribution >= 0.6 is 0 Å². The Morgan fingerprint density at radius 1 is 1.12 bits per heavy atom. The lowest BCUT2D eigenvalue weighted by atomic mass is 10.3. The zero-order valence-electron chi connectivity index (χ0n) is 9.84. The van der Waals surface area contributed by atoms with Crippen molar-refractivity contribution in [2.45, 2.75) is 19.9 Å². The second-order valence-electron chi connectivity index (χ2n) is 4.02. The van der Waals surface area contributed by atoms with Gasteiger partial charge in [-0.05, 0) is 26.0 Å². The summed E-state index contributed by atoms with van der Waals surface area (Å²) in [6.07, 6.45) is 11.9. The van der Waals surface area contributed by atoms with Gasteiger partial charge in [-0.15, -0.1) is 0 Å². The zero-order valence-corrected chi connectivity index (χ0v) is 9.84. The van der Waals surface area contributed by atoms with E-state index in [0.717, 1.165) is 10.8 Å². The Labute approximate surface area is 94.4 Å². The molecule has 16 heavy (non-hydrogen) atoms. The molecule has 0 unspecified atom stereocenters. The second kappa shape index (κ2) is 4.39. The van der Waals surface area contributed by atoms with Crippen molar-refractivity contribution >= 4 is 12.2 Å². The third kappa shape index (κ3) is 2.08. The lowest BCUT2D eigenvalue weighted by Gasteiger charge is -1.93. The molecule has 1 aliphatic carbocycles. The summed E-state index contributed by atoms with van der Waals surface area (Å²) >= 11 is 0. The highest BCUT2D eigenvalue weighted by atomic mass is 16.3. The molecule has 2 rings (SSSR count). The molecule has 0 bridgehead atoms. The van der Waals surface area contributed by atoms with Crippen LogP contribution in [-0.4, -0.2) is 10.6 Å². The fourth-order valence-electron chi connectivity index (χ4n) is 1.55. The van der Waals surface area contributed by atoms with Crippen molar-refractivity contribution in [3.63, 3.8) is 0 Å². The fraction of sp³-hybridized carbons (Fsp3) is 0.308. The quantitative estimate of drug-likeness (QED) is 0.676. The average Bonchev–Trinajstić information content (AvgIpc) is 2.43. The van der Waals surface area contributed by atoms with Gasteiger partial charge in [-0.3, -0.25) is 4.57 Å². The first-order valence-corrected chi connectivity index (χ1v) is 5.43. The first-order valence-electron chi connectivity index (χ1n) is 5.43. The van der Waals surface area contributed by atoms with Gasteiger partial charge in [0.15, 0.2) is 5.42 Å². The number of fused-ring (bicyclic) bond motifs is 1. The molecule has 0 amide bonds. The highest BCUT2D eigenvalue weighted by Crippen LogP contribution is 1.84. The molecule has 0 aromatic carbocycles. The molecule has 84 valence electrons. The summed E-state index contributed by atoms with van der Waals surface area (Å²) in [4.78, 5) is 4.43. The molecule has 0 aliphatic heterocycles. The number of oxazole rings is 1. The Balaban J connectivity index is 2.78. The van der Waals surface area contributed by atoms with Crippen molar-refractivity contribution in [3.8, 4) is 0 Å². The van der Waals surface area contributed by atoms with E-state index in [9.17, 15) is 0 Å². The normalized spacial score (nSPS) is 23.6. The molecule has 1 heterocycles. The van der Waals surface area contributed by atoms with E-state index in [2.05, 4.69) is 4.99 Å². The van der Waals surface area contributed by atoms with Gasteiger partial charge in [-0.25, -0.2) is 4.99 Å². The minimum atomic E-state index is 0.231. The van der Waals surface area contributed by atoms with E-state index in [1.165, 1.54) is 0 Å². The van der Waals surface area contributed by atoms with E-state index in [1.807, 2.05) is 61.9 Å². The maximum absolute atomic E-state index is 5.71. The topological polar surface area (TPSA) is 30.4 Å². The van der Waals surface area contributed by atoms with Gasteiger partial charge in [0.25, 0.3) is 5.68 Å². The summed E-state index contributed by atoms with van der Waals surface area (Å²) in [5.74, 6) is 0. The predicted molar refractivity (Wildman–Crippen MR) is 64.8 cm³/mol. The summed E-state index contributed by atoms with van der Waals surface area (Å²) in [7, 11) is 1.97. The summed E-state index contributed by atoms with van der Waals surface area (Å²) < 4.78 is 7.68. The lowest BCUT2D eigenvalue weighted by molar-refractivity contribution is 0.440. The number of allylic oxidation sites excluding steroid dienone is 4. The Morgan fingerprint density at radius 3 is 2.50 bits per heavy atom. The van der Waals surface area contributed by atoms with Crippen LogP contribution in [0.15, 0.2) is 33.7 Å². The van der Waals surface area contributed by atoms with Crippen LogP contribution in [0.2, 0.25) is 0 Å². The van der Waals surface area contributed by atoms with Crippen LogP contribution < -0.4 is 16.4 Å². The third-order valence-electron chi connectivity index (χ3n) is 2.31. The van der Waals surface area contributed by atoms with Crippen LogP contribution in [0, 0.1) is 0 Å². The Kier molecular flexibility index (Phi) is 2.95. The van der Waals surface area contributed by atoms with Gasteiger partial charge in [-0.1, -0.05) is 24.3 Å². The van der Waals surface area contributed by atoms with Crippen LogP contribution in [0.25, 0.3) is 12.2 Å². The van der Waals surface area contributed by atoms with Crippen LogP contribution in [0.1, 0.15) is 13.8 Å². The average molecular weight is 216 g/mol. The number of aromatic nitrogens is 1. The largest absolute Gasteiger partial charge is 0.424 e. The van der Waals surface area contributed by atoms with E-state index in [-0.39, 0.29) is 6.04 Å². The first-order chi connectivity index (χ1) is 7.68. The highest BCUT2D eigenvalue weighted by Gasteiger charge is 1.99. The predicted octanol–water partition coefficient (Wildman–Crippen LogP) is 0.614. The van der Waals surface area contributed by atoms with Crippen molar-refractivity contribution < 1.29 is 4.42 Å². The molecule has 1 aromatic rings. The molecular weight excluding hydrogens is 200 g/mol. The van der Waals surface area contributed by atoms with Crippen LogP contribution in [0.4, 0.5) is 0 Å². The van der Waals surface area contributed by atoms with E-state index >= 15 is 0 Å². The summed E-state index contributed by atoms with van der Waals surface area (Å²) in [5, 5.41) is 1.04. The number of nitrogens with zero attached hydrogens (tertiary/aromatic N) is 2. The van der Waals surface area contributed by atoms with Crippen molar-refractivity contribution in [2.75, 3.05) is 0 Å². The van der Waals surface area contributed by atoms with Crippen molar-refractivity contribution in [3.05, 3.63) is 40.8 Å². The minimum absolute atomic E-state index is 0.231. The van der Waals surface area contributed by atoms with E-state index in [1.54, 1.807) is 0 Å². The molecule has 0 atom stereocenters. The minimum Gasteiger partial charge on any atom is -0.424 e. The SMILES string of the molecule is CC(C)/N=c1/oc2/c(n1C)=C\C=C/C=C\C=2. The van der Waals surface area contributed by atoms with Crippen LogP contribution in [-0.2, 0) is 7.05 Å². The molecule has 3 nitrogen and oxygen atoms in total. The van der Waals surface area contributed by atoms with Crippen molar-refractivity contribution in [1.82, 2.24) is 4.57 Å². The standard InChI is InChI=1S/C13H16N2O/c1-10(2)14-13-15(3)11-8-6-4-5-7-9-12(11)16-13/h4-10H,1-3H3/b5-4?,6-4-,7-5-,8-6?,9-7?,11-8+,12-9+,14-13+. The number of hydrogen-bond donors (Lipinski definition) is 0. The van der Waals surface area contributed by atoms with Crippen LogP contribution in [0.3, 0.4) is 0 Å². The summed E-state index contributed by atoms with van der Waals surface area (Å²) in [6, 6.07) is 0.231. The van der Waals surface area contributed by atoms with E-state index in [4.69, 9.17) is 4.42 Å². The molecule has 0 saturated carbocycles. The molecule has 0 radical (unpaired) electrons. The van der Waals surface area contributed by atoms with Gasteiger partial charge in [0.1, 0.15) is 0 Å². The number of rotatable bonds is 1. The van der Waals surface area contributed by atoms with Gasteiger partial charge in [0, 0.05) is 13.1 Å². The molecular formula is C13H16N2O. The monoisotopic (exact) mass is 216 g/mol. The molecule has 1 aliphatic rings. The molecule has 1 aromatic heterocycles. The van der Waals surface area contributed by atoms with Crippen LogP contribution in [0.5, 0.6) is 0 Å². The smallest absolute Gasteiger partial charge is 0.297 e. The third-order valence-corrected chi connectivity index (χ3v) is 2.31. The van der Waals surface area contributed by atoms with Gasteiger partial charge in [-0.2, -0.15) is 0 Å². The molecule has 0 saturated heterocycles. The second-order valence-corrected chi connectivity index (χ2v) is 4.02. The molecule has 0 fully saturated rings. The van der Waals surface area contributed by atoms with E-state index in [0.29, 0.717) is 5.68 Å². The Hall–Kier alpha value is -1.77. The van der Waals surface area contributed by atoms with Crippen molar-refractivity contribution in [2.24, 2.45) is 12.0 Å². The molecule has 0 N–H and O–H groups in total. The summed E-state index contributed by atoms with van der Waals surface area (Å²) in [5.41, 5.74) is 1.51. The van der Waals surface area contributed by atoms with Gasteiger partial charge >= 0.3 is 0 Å². The maximum Gasteiger partial charge on any atom is 0.297 e. The number of hydrogen-bond acceptors (Lipinski definition) is 2. The Bertz CT molecular complexity index is 609.